The lowest BCUT2D eigenvalue weighted by Crippen LogP contribution is -2.35. The average Bonchev–Trinajstić information content (AvgIpc) is 4.12. The van der Waals surface area contributed by atoms with Gasteiger partial charge in [-0.3, -0.25) is 19.7 Å². The average molecular weight is 792 g/mol. The fraction of sp³-hybridized carbons (Fsp3) is 0.102. The molecule has 0 saturated heterocycles. The van der Waals surface area contributed by atoms with Gasteiger partial charge in [-0.25, -0.2) is 9.97 Å². The number of rotatable bonds is 8. The van der Waals surface area contributed by atoms with Gasteiger partial charge in [-0.1, -0.05) is 121 Å². The predicted octanol–water partition coefficient (Wildman–Crippen LogP) is 10.2. The molecule has 9 rings (SSSR count). The van der Waals surface area contributed by atoms with Crippen LogP contribution >= 0.6 is 0 Å². The van der Waals surface area contributed by atoms with Crippen molar-refractivity contribution in [3.05, 3.63) is 178 Å². The number of carbonyl (C=O) groups excluding carboxylic acids is 2. The van der Waals surface area contributed by atoms with Crippen LogP contribution in [0.1, 0.15) is 34.7 Å². The van der Waals surface area contributed by atoms with Gasteiger partial charge in [0.25, 0.3) is 6.04 Å². The Bertz CT molecular complexity index is 2960. The number of nitrogens with one attached hydrogen (secondary N) is 2. The molecule has 3 aromatic heterocycles. The molecule has 4 aromatic carbocycles. The molecule has 2 aliphatic heterocycles. The number of carbonyl (C=O) groups is 2. The van der Waals surface area contributed by atoms with E-state index in [1.807, 2.05) is 158 Å². The quantitative estimate of drug-likeness (QED) is 0.0667. The Morgan fingerprint density at radius 3 is 1.25 bits per heavy atom. The van der Waals surface area contributed by atoms with Crippen molar-refractivity contribution in [1.82, 2.24) is 19.9 Å². The zero-order valence-corrected chi connectivity index (χ0v) is 32.5. The monoisotopic (exact) mass is 791 g/mol. The summed E-state index contributed by atoms with van der Waals surface area (Å²) in [6.45, 7) is 0. The van der Waals surface area contributed by atoms with Crippen LogP contribution < -0.4 is 0 Å². The number of ether oxygens (including phenoxy) is 2. The fourth-order valence-corrected chi connectivity index (χ4v) is 8.43. The molecule has 8 bridgehead atoms. The normalized spacial score (nSPS) is 14.5. The Kier molecular flexibility index (Phi) is 9.91. The summed E-state index contributed by atoms with van der Waals surface area (Å²) in [6, 6.07) is 44.3. The van der Waals surface area contributed by atoms with E-state index in [-0.39, 0.29) is 11.4 Å². The first-order valence-electron chi connectivity index (χ1n) is 19.3. The highest BCUT2D eigenvalue weighted by Crippen LogP contribution is 2.50. The molecule has 0 radical (unpaired) electrons. The standard InChI is InChI=1S/C49H37N5O6/c1-59-48(55)44(49(56)60-2)43-45-41(31-19-11-5-12-20-31)37-27-25-35(51-37)39(29-15-7-3-8-16-29)33-23-24-34(50-33)40(30-17-9-4-10-18-30)36-26-28-38(52-36)42(32-21-13-6-14-22-32)46(53-45)47(43)54(57)58/h3-28,43-44,47,51-52H,1-2H3/t43-,47+/m1/s1. The maximum absolute atomic E-state index is 13.8. The van der Waals surface area contributed by atoms with Gasteiger partial charge in [0.15, 0.2) is 5.92 Å². The van der Waals surface area contributed by atoms with E-state index in [1.54, 1.807) is 0 Å². The van der Waals surface area contributed by atoms with Crippen molar-refractivity contribution < 1.29 is 24.0 Å². The van der Waals surface area contributed by atoms with E-state index in [1.165, 1.54) is 0 Å². The molecule has 294 valence electrons. The highest BCUT2D eigenvalue weighted by Gasteiger charge is 2.54. The molecular formula is C49H37N5O6. The summed E-state index contributed by atoms with van der Waals surface area (Å²) in [4.78, 5) is 58.7. The van der Waals surface area contributed by atoms with Crippen molar-refractivity contribution in [2.75, 3.05) is 14.2 Å². The molecule has 0 amide bonds. The Hall–Kier alpha value is -7.92. The van der Waals surface area contributed by atoms with Crippen LogP contribution in [0.25, 0.3) is 78.7 Å². The molecule has 0 saturated carbocycles. The maximum Gasteiger partial charge on any atom is 0.321 e. The van der Waals surface area contributed by atoms with E-state index < -0.39 is 34.7 Å². The molecule has 2 atom stereocenters. The van der Waals surface area contributed by atoms with Gasteiger partial charge in [-0.15, -0.1) is 0 Å². The molecule has 0 aliphatic carbocycles. The first-order valence-corrected chi connectivity index (χ1v) is 19.3. The number of hydrogen-bond acceptors (Lipinski definition) is 8. The highest BCUT2D eigenvalue weighted by molar-refractivity contribution is 5.99. The van der Waals surface area contributed by atoms with Gasteiger partial charge in [0.1, 0.15) is 5.69 Å². The van der Waals surface area contributed by atoms with Gasteiger partial charge < -0.3 is 19.4 Å². The Balaban J connectivity index is 1.55. The van der Waals surface area contributed by atoms with Crippen LogP contribution in [-0.2, 0) is 19.1 Å². The number of hydrogen-bond donors (Lipinski definition) is 2. The number of aromatic nitrogens is 4. The number of fused-ring (bicyclic) bond motifs is 8. The molecule has 0 fully saturated rings. The SMILES string of the molecule is COC(=O)C(C(=O)OC)[C@@H]1c2nc(c(-c3ccccc3)c3ccc([nH]3)c(-c3ccccc3)c3nc(c(-c4ccccc4)c4ccc([nH]4)c2-c2ccccc2)C=C3)[C@H]1[N+](=O)[O-]. The van der Waals surface area contributed by atoms with Crippen molar-refractivity contribution in [2.24, 2.45) is 5.92 Å². The Morgan fingerprint density at radius 2 is 0.883 bits per heavy atom. The molecular weight excluding hydrogens is 755 g/mol. The minimum atomic E-state index is -1.76. The number of nitrogens with zero attached hydrogens (tertiary/aromatic N) is 3. The van der Waals surface area contributed by atoms with Crippen LogP contribution in [0, 0.1) is 16.0 Å². The second kappa shape index (κ2) is 15.8. The number of H-pyrrole nitrogens is 2. The number of benzene rings is 4. The minimum Gasteiger partial charge on any atom is -0.468 e. The van der Waals surface area contributed by atoms with Crippen molar-refractivity contribution in [1.29, 1.82) is 0 Å². The van der Waals surface area contributed by atoms with E-state index >= 15 is 0 Å². The van der Waals surface area contributed by atoms with Crippen molar-refractivity contribution >= 4 is 46.2 Å². The second-order valence-electron chi connectivity index (χ2n) is 14.4. The molecule has 0 spiro atoms. The molecule has 11 nitrogen and oxygen atoms in total. The lowest BCUT2D eigenvalue weighted by Gasteiger charge is -2.22. The van der Waals surface area contributed by atoms with Crippen LogP contribution in [0.5, 0.6) is 0 Å². The zero-order chi connectivity index (χ0) is 41.3. The predicted molar refractivity (Wildman–Crippen MR) is 232 cm³/mol. The van der Waals surface area contributed by atoms with Crippen LogP contribution in [0.3, 0.4) is 0 Å². The third-order valence-corrected chi connectivity index (χ3v) is 11.0. The number of aromatic amines is 2. The lowest BCUT2D eigenvalue weighted by molar-refractivity contribution is -0.533. The third-order valence-electron chi connectivity index (χ3n) is 11.0. The molecule has 5 heterocycles. The van der Waals surface area contributed by atoms with Crippen LogP contribution in [-0.4, -0.2) is 51.0 Å². The summed E-state index contributed by atoms with van der Waals surface area (Å²) in [5, 5.41) is 13.8. The summed E-state index contributed by atoms with van der Waals surface area (Å²) in [6.07, 6.45) is 4.00. The topological polar surface area (TPSA) is 153 Å². The second-order valence-corrected chi connectivity index (χ2v) is 14.4. The van der Waals surface area contributed by atoms with Crippen LogP contribution in [0.2, 0.25) is 0 Å². The van der Waals surface area contributed by atoms with Gasteiger partial charge in [0.05, 0.1) is 37.2 Å². The first-order chi connectivity index (χ1) is 29.4. The van der Waals surface area contributed by atoms with Crippen molar-refractivity contribution in [3.63, 3.8) is 0 Å². The van der Waals surface area contributed by atoms with E-state index in [0.29, 0.717) is 55.7 Å². The van der Waals surface area contributed by atoms with Crippen LogP contribution in [0.15, 0.2) is 146 Å². The van der Waals surface area contributed by atoms with Gasteiger partial charge in [0.2, 0.25) is 0 Å². The van der Waals surface area contributed by atoms with Crippen molar-refractivity contribution in [3.8, 4) is 44.5 Å². The number of nitro groups is 1. The van der Waals surface area contributed by atoms with E-state index in [2.05, 4.69) is 9.97 Å². The lowest BCUT2D eigenvalue weighted by atomic mass is 9.80. The largest absolute Gasteiger partial charge is 0.468 e. The van der Waals surface area contributed by atoms with E-state index in [0.717, 1.165) is 36.5 Å². The molecule has 11 heteroatoms. The first kappa shape index (κ1) is 37.6. The van der Waals surface area contributed by atoms with Gasteiger partial charge in [0, 0.05) is 49.2 Å². The van der Waals surface area contributed by atoms with E-state index in [4.69, 9.17) is 19.4 Å². The van der Waals surface area contributed by atoms with Gasteiger partial charge in [-0.05, 0) is 58.7 Å². The minimum absolute atomic E-state index is 0.0521. The summed E-state index contributed by atoms with van der Waals surface area (Å²) >= 11 is 0. The zero-order valence-electron chi connectivity index (χ0n) is 32.5. The summed E-state index contributed by atoms with van der Waals surface area (Å²) in [5.41, 5.74) is 9.71. The Morgan fingerprint density at radius 1 is 0.533 bits per heavy atom. The molecule has 60 heavy (non-hydrogen) atoms. The number of esters is 2. The van der Waals surface area contributed by atoms with E-state index in [9.17, 15) is 19.7 Å². The fourth-order valence-electron chi connectivity index (χ4n) is 8.43. The van der Waals surface area contributed by atoms with Gasteiger partial charge >= 0.3 is 11.9 Å². The Labute approximate surface area is 344 Å². The highest BCUT2D eigenvalue weighted by atomic mass is 16.6. The van der Waals surface area contributed by atoms with Crippen LogP contribution in [0.4, 0.5) is 0 Å². The summed E-state index contributed by atoms with van der Waals surface area (Å²) in [5.74, 6) is -5.19. The summed E-state index contributed by atoms with van der Waals surface area (Å²) < 4.78 is 10.4. The summed E-state index contributed by atoms with van der Waals surface area (Å²) in [7, 11) is 2.28. The smallest absolute Gasteiger partial charge is 0.321 e. The van der Waals surface area contributed by atoms with Gasteiger partial charge in [-0.2, -0.15) is 0 Å². The molecule has 2 aliphatic rings. The molecule has 7 aromatic rings. The third kappa shape index (κ3) is 6.61. The maximum atomic E-state index is 13.8. The molecule has 2 N–H and O–H groups in total. The van der Waals surface area contributed by atoms with Crippen molar-refractivity contribution in [2.45, 2.75) is 12.0 Å². The number of methoxy groups -OCH3 is 2. The molecule has 0 unspecified atom stereocenters.